The van der Waals surface area contributed by atoms with Gasteiger partial charge in [-0.25, -0.2) is 0 Å². The number of benzene rings is 2. The molecule has 2 aromatic rings. The van der Waals surface area contributed by atoms with Crippen LogP contribution in [-0.2, 0) is 11.2 Å². The van der Waals surface area contributed by atoms with E-state index in [0.717, 1.165) is 11.1 Å². The van der Waals surface area contributed by atoms with Crippen LogP contribution in [0.1, 0.15) is 5.56 Å². The van der Waals surface area contributed by atoms with Crippen LogP contribution in [0.25, 0.3) is 11.1 Å². The molecule has 0 radical (unpaired) electrons. The fourth-order valence-corrected chi connectivity index (χ4v) is 1.84. The van der Waals surface area contributed by atoms with Crippen molar-refractivity contribution in [2.24, 2.45) is 0 Å². The summed E-state index contributed by atoms with van der Waals surface area (Å²) in [5, 5.41) is 2.65. The maximum Gasteiger partial charge on any atom is 0.225 e. The van der Waals surface area contributed by atoms with Crippen molar-refractivity contribution in [2.75, 3.05) is 6.54 Å². The van der Waals surface area contributed by atoms with E-state index in [9.17, 15) is 4.79 Å². The molecular formula is C17H15NO. The van der Waals surface area contributed by atoms with Crippen molar-refractivity contribution in [1.29, 1.82) is 0 Å². The molecule has 0 spiro atoms. The first-order valence-corrected chi connectivity index (χ1v) is 6.14. The summed E-state index contributed by atoms with van der Waals surface area (Å²) in [5.41, 5.74) is 3.30. The minimum Gasteiger partial charge on any atom is -0.345 e. The largest absolute Gasteiger partial charge is 0.345 e. The van der Waals surface area contributed by atoms with Crippen LogP contribution in [0.15, 0.2) is 54.6 Å². The highest BCUT2D eigenvalue weighted by atomic mass is 16.1. The van der Waals surface area contributed by atoms with Gasteiger partial charge in [0.15, 0.2) is 0 Å². The predicted molar refractivity (Wildman–Crippen MR) is 77.4 cm³/mol. The van der Waals surface area contributed by atoms with Gasteiger partial charge in [-0.3, -0.25) is 4.79 Å². The first-order valence-electron chi connectivity index (χ1n) is 6.14. The Labute approximate surface area is 113 Å². The molecular weight excluding hydrogens is 234 g/mol. The normalized spacial score (nSPS) is 9.63. The lowest BCUT2D eigenvalue weighted by molar-refractivity contribution is -0.120. The van der Waals surface area contributed by atoms with Crippen molar-refractivity contribution < 1.29 is 4.79 Å². The van der Waals surface area contributed by atoms with Crippen LogP contribution in [-0.4, -0.2) is 12.5 Å². The van der Waals surface area contributed by atoms with E-state index >= 15 is 0 Å². The van der Waals surface area contributed by atoms with Gasteiger partial charge < -0.3 is 5.32 Å². The zero-order valence-electron chi connectivity index (χ0n) is 10.6. The molecule has 0 aliphatic rings. The average molecular weight is 249 g/mol. The van der Waals surface area contributed by atoms with Gasteiger partial charge in [0.1, 0.15) is 0 Å². The number of terminal acetylenes is 1. The first-order chi connectivity index (χ1) is 9.29. The summed E-state index contributed by atoms with van der Waals surface area (Å²) in [6.45, 7) is 0.279. The molecule has 0 saturated heterocycles. The van der Waals surface area contributed by atoms with Gasteiger partial charge in [-0.1, -0.05) is 60.5 Å². The Morgan fingerprint density at radius 1 is 1.00 bits per heavy atom. The van der Waals surface area contributed by atoms with Crippen molar-refractivity contribution in [3.8, 4) is 23.5 Å². The first kappa shape index (κ1) is 12.9. The van der Waals surface area contributed by atoms with Crippen molar-refractivity contribution >= 4 is 5.91 Å². The Balaban J connectivity index is 2.03. The molecule has 0 bridgehead atoms. The molecule has 2 nitrogen and oxygen atoms in total. The number of carbonyl (C=O) groups excluding carboxylic acids is 1. The summed E-state index contributed by atoms with van der Waals surface area (Å²) in [7, 11) is 0. The molecule has 2 aromatic carbocycles. The van der Waals surface area contributed by atoms with Gasteiger partial charge >= 0.3 is 0 Å². The Bertz CT molecular complexity index is 579. The van der Waals surface area contributed by atoms with Crippen molar-refractivity contribution in [3.63, 3.8) is 0 Å². The molecule has 0 aromatic heterocycles. The summed E-state index contributed by atoms with van der Waals surface area (Å²) in [4.78, 5) is 11.5. The summed E-state index contributed by atoms with van der Waals surface area (Å²) in [6, 6.07) is 18.1. The lowest BCUT2D eigenvalue weighted by Gasteiger charge is -2.04. The summed E-state index contributed by atoms with van der Waals surface area (Å²) in [6.07, 6.45) is 5.45. The molecule has 1 amide bonds. The predicted octanol–water partition coefficient (Wildman–Crippen LogP) is 2.65. The van der Waals surface area contributed by atoms with Crippen LogP contribution < -0.4 is 5.32 Å². The Kier molecular flexibility index (Phi) is 4.36. The van der Waals surface area contributed by atoms with E-state index in [4.69, 9.17) is 6.42 Å². The molecule has 0 aliphatic carbocycles. The molecule has 0 saturated carbocycles. The fraction of sp³-hybridized carbons (Fsp3) is 0.118. The zero-order valence-corrected chi connectivity index (χ0v) is 10.6. The van der Waals surface area contributed by atoms with E-state index in [-0.39, 0.29) is 12.5 Å². The molecule has 0 aliphatic heterocycles. The van der Waals surface area contributed by atoms with Gasteiger partial charge in [-0.2, -0.15) is 0 Å². The summed E-state index contributed by atoms with van der Waals surface area (Å²) < 4.78 is 0. The Morgan fingerprint density at radius 2 is 1.63 bits per heavy atom. The third-order valence-electron chi connectivity index (χ3n) is 2.81. The van der Waals surface area contributed by atoms with Crippen LogP contribution >= 0.6 is 0 Å². The maximum atomic E-state index is 11.5. The van der Waals surface area contributed by atoms with Gasteiger partial charge in [-0.05, 0) is 16.7 Å². The molecule has 0 atom stereocenters. The maximum absolute atomic E-state index is 11.5. The average Bonchev–Trinajstić information content (AvgIpc) is 2.47. The van der Waals surface area contributed by atoms with Crippen molar-refractivity contribution in [3.05, 3.63) is 60.2 Å². The van der Waals surface area contributed by atoms with Crippen LogP contribution in [0, 0.1) is 12.3 Å². The lowest BCUT2D eigenvalue weighted by atomic mass is 10.0. The van der Waals surface area contributed by atoms with Gasteiger partial charge in [-0.15, -0.1) is 6.42 Å². The van der Waals surface area contributed by atoms with E-state index in [1.165, 1.54) is 5.56 Å². The SMILES string of the molecule is C#CCNC(=O)Cc1ccc(-c2ccccc2)cc1. The van der Waals surface area contributed by atoms with Gasteiger partial charge in [0, 0.05) is 0 Å². The van der Waals surface area contributed by atoms with Crippen molar-refractivity contribution in [2.45, 2.75) is 6.42 Å². The Morgan fingerprint density at radius 3 is 2.26 bits per heavy atom. The minimum absolute atomic E-state index is 0.0505. The fourth-order valence-electron chi connectivity index (χ4n) is 1.84. The zero-order chi connectivity index (χ0) is 13.5. The van der Waals surface area contributed by atoms with Crippen LogP contribution in [0.3, 0.4) is 0 Å². The molecule has 2 heteroatoms. The summed E-state index contributed by atoms with van der Waals surface area (Å²) in [5.74, 6) is 2.33. The number of hydrogen-bond acceptors (Lipinski definition) is 1. The highest BCUT2D eigenvalue weighted by molar-refractivity contribution is 5.79. The van der Waals surface area contributed by atoms with Gasteiger partial charge in [0.25, 0.3) is 0 Å². The van der Waals surface area contributed by atoms with E-state index in [2.05, 4.69) is 23.4 Å². The van der Waals surface area contributed by atoms with E-state index in [1.54, 1.807) is 0 Å². The Hall–Kier alpha value is -2.53. The highest BCUT2D eigenvalue weighted by Gasteiger charge is 2.02. The topological polar surface area (TPSA) is 29.1 Å². The van der Waals surface area contributed by atoms with Crippen molar-refractivity contribution in [1.82, 2.24) is 5.32 Å². The van der Waals surface area contributed by atoms with E-state index < -0.39 is 0 Å². The molecule has 0 unspecified atom stereocenters. The summed E-state index contributed by atoms with van der Waals surface area (Å²) >= 11 is 0. The van der Waals surface area contributed by atoms with Crippen LogP contribution in [0.5, 0.6) is 0 Å². The molecule has 0 heterocycles. The second kappa shape index (κ2) is 6.42. The highest BCUT2D eigenvalue weighted by Crippen LogP contribution is 2.19. The number of carbonyl (C=O) groups is 1. The monoisotopic (exact) mass is 249 g/mol. The number of rotatable bonds is 4. The molecule has 1 N–H and O–H groups in total. The quantitative estimate of drug-likeness (QED) is 0.829. The molecule has 19 heavy (non-hydrogen) atoms. The second-order valence-electron chi connectivity index (χ2n) is 4.22. The number of hydrogen-bond donors (Lipinski definition) is 1. The molecule has 0 fully saturated rings. The molecule has 94 valence electrons. The molecule has 2 rings (SSSR count). The van der Waals surface area contributed by atoms with Gasteiger partial charge in [0.2, 0.25) is 5.91 Å². The minimum atomic E-state index is -0.0505. The standard InChI is InChI=1S/C17H15NO/c1-2-12-18-17(19)13-14-8-10-16(11-9-14)15-6-4-3-5-7-15/h1,3-11H,12-13H2,(H,18,19). The third kappa shape index (κ3) is 3.72. The smallest absolute Gasteiger partial charge is 0.225 e. The van der Waals surface area contributed by atoms with Gasteiger partial charge in [0.05, 0.1) is 13.0 Å². The van der Waals surface area contributed by atoms with Crippen LogP contribution in [0.2, 0.25) is 0 Å². The second-order valence-corrected chi connectivity index (χ2v) is 4.22. The number of amides is 1. The van der Waals surface area contributed by atoms with E-state index in [1.807, 2.05) is 42.5 Å². The number of nitrogens with one attached hydrogen (secondary N) is 1. The van der Waals surface area contributed by atoms with Crippen LogP contribution in [0.4, 0.5) is 0 Å². The lowest BCUT2D eigenvalue weighted by Crippen LogP contribution is -2.25. The van der Waals surface area contributed by atoms with E-state index in [0.29, 0.717) is 6.42 Å². The third-order valence-corrected chi connectivity index (χ3v) is 2.81.